The third kappa shape index (κ3) is 0.804. The number of hydrogen-bond acceptors (Lipinski definition) is 1. The highest BCUT2D eigenvalue weighted by molar-refractivity contribution is 5.65. The van der Waals surface area contributed by atoms with Crippen LogP contribution in [-0.4, -0.2) is 29.2 Å². The summed E-state index contributed by atoms with van der Waals surface area (Å²) < 4.78 is 0. The average Bonchev–Trinajstić information content (AvgIpc) is 2.12. The first-order chi connectivity index (χ1) is 3.80. The second-order valence-corrected chi connectivity index (χ2v) is 1.66. The predicted octanol–water partition coefficient (Wildman–Crippen LogP) is 0.536. The van der Waals surface area contributed by atoms with Crippen LogP contribution in [0, 0.1) is 0 Å². The highest BCUT2D eigenvalue weighted by Crippen LogP contribution is 1.97. The molecule has 0 aromatic rings. The maximum Gasteiger partial charge on any atom is 0.407 e. The van der Waals surface area contributed by atoms with Gasteiger partial charge in [-0.15, -0.1) is 0 Å². The molecule has 0 saturated carbocycles. The zero-order valence-corrected chi connectivity index (χ0v) is 4.37. The van der Waals surface area contributed by atoms with Crippen LogP contribution >= 0.6 is 0 Å². The molecule has 0 unspecified atom stereocenters. The van der Waals surface area contributed by atoms with Crippen molar-refractivity contribution < 1.29 is 9.90 Å². The third-order valence-corrected chi connectivity index (χ3v) is 1.09. The minimum Gasteiger partial charge on any atom is -0.465 e. The second kappa shape index (κ2) is 1.86. The lowest BCUT2D eigenvalue weighted by Crippen LogP contribution is -2.25. The molecule has 0 aromatic heterocycles. The van der Waals surface area contributed by atoms with Crippen molar-refractivity contribution in [2.75, 3.05) is 13.1 Å². The van der Waals surface area contributed by atoms with Gasteiger partial charge in [-0.05, 0) is 0 Å². The monoisotopic (exact) mass is 113 g/mol. The lowest BCUT2D eigenvalue weighted by Gasteiger charge is -2.07. The van der Waals surface area contributed by atoms with E-state index >= 15 is 0 Å². The summed E-state index contributed by atoms with van der Waals surface area (Å²) in [5.41, 5.74) is 0. The maximum absolute atomic E-state index is 10.1. The molecule has 0 fully saturated rings. The van der Waals surface area contributed by atoms with Gasteiger partial charge in [-0.3, -0.25) is 0 Å². The van der Waals surface area contributed by atoms with Crippen LogP contribution in [0.5, 0.6) is 0 Å². The lowest BCUT2D eigenvalue weighted by molar-refractivity contribution is 0.157. The van der Waals surface area contributed by atoms with Crippen molar-refractivity contribution in [3.8, 4) is 0 Å². The van der Waals surface area contributed by atoms with Crippen LogP contribution in [0.15, 0.2) is 12.2 Å². The lowest BCUT2D eigenvalue weighted by atomic mass is 10.6. The Bertz CT molecular complexity index is 122. The number of rotatable bonds is 0. The zero-order chi connectivity index (χ0) is 5.98. The van der Waals surface area contributed by atoms with E-state index < -0.39 is 6.09 Å². The van der Waals surface area contributed by atoms with E-state index in [1.54, 1.807) is 0 Å². The van der Waals surface area contributed by atoms with Gasteiger partial charge in [-0.1, -0.05) is 12.2 Å². The summed E-state index contributed by atoms with van der Waals surface area (Å²) in [7, 11) is 0. The fourth-order valence-corrected chi connectivity index (χ4v) is 0.634. The minimum absolute atomic E-state index is 0.551. The van der Waals surface area contributed by atoms with Crippen LogP contribution in [-0.2, 0) is 0 Å². The van der Waals surface area contributed by atoms with Crippen molar-refractivity contribution >= 4 is 6.09 Å². The molecule has 0 spiro atoms. The van der Waals surface area contributed by atoms with Gasteiger partial charge < -0.3 is 10.0 Å². The molecule has 1 rings (SSSR count). The number of carbonyl (C=O) groups is 1. The van der Waals surface area contributed by atoms with Gasteiger partial charge in [0.1, 0.15) is 0 Å². The predicted molar refractivity (Wildman–Crippen MR) is 28.7 cm³/mol. The van der Waals surface area contributed by atoms with E-state index in [1.807, 2.05) is 12.2 Å². The third-order valence-electron chi connectivity index (χ3n) is 1.09. The highest BCUT2D eigenvalue weighted by atomic mass is 16.4. The molecular formula is C5H7NO2. The summed E-state index contributed by atoms with van der Waals surface area (Å²) in [5, 5.41) is 8.30. The van der Waals surface area contributed by atoms with Crippen LogP contribution in [0.3, 0.4) is 0 Å². The van der Waals surface area contributed by atoms with Gasteiger partial charge >= 0.3 is 6.09 Å². The summed E-state index contributed by atoms with van der Waals surface area (Å²) in [6.45, 7) is 1.10. The second-order valence-electron chi connectivity index (χ2n) is 1.66. The normalized spacial score (nSPS) is 17.2. The number of nitrogens with zero attached hydrogens (tertiary/aromatic N) is 1. The van der Waals surface area contributed by atoms with E-state index in [0.29, 0.717) is 13.1 Å². The molecule has 8 heavy (non-hydrogen) atoms. The summed E-state index contributed by atoms with van der Waals surface area (Å²) in [6, 6.07) is 0. The molecule has 3 heteroatoms. The molecule has 3 nitrogen and oxygen atoms in total. The summed E-state index contributed by atoms with van der Waals surface area (Å²) >= 11 is 0. The quantitative estimate of drug-likeness (QED) is 0.465. The molecule has 1 N–H and O–H groups in total. The van der Waals surface area contributed by atoms with Crippen LogP contribution in [0.25, 0.3) is 0 Å². The van der Waals surface area contributed by atoms with E-state index in [9.17, 15) is 4.79 Å². The fourth-order valence-electron chi connectivity index (χ4n) is 0.634. The molecule has 0 aromatic carbocycles. The molecule has 0 aliphatic carbocycles. The van der Waals surface area contributed by atoms with Crippen LogP contribution in [0.2, 0.25) is 0 Å². The minimum atomic E-state index is -0.838. The van der Waals surface area contributed by atoms with Crippen molar-refractivity contribution in [1.29, 1.82) is 0 Å². The van der Waals surface area contributed by atoms with Crippen molar-refractivity contribution in [2.45, 2.75) is 0 Å². The zero-order valence-electron chi connectivity index (χ0n) is 4.37. The van der Waals surface area contributed by atoms with E-state index in [4.69, 9.17) is 5.11 Å². The Morgan fingerprint density at radius 2 is 2.00 bits per heavy atom. The Hall–Kier alpha value is -0.990. The van der Waals surface area contributed by atoms with E-state index in [2.05, 4.69) is 0 Å². The SMILES string of the molecule is O=C(O)N1CC=CC1. The van der Waals surface area contributed by atoms with Crippen molar-refractivity contribution in [3.63, 3.8) is 0 Å². The Morgan fingerprint density at radius 1 is 1.50 bits per heavy atom. The Kier molecular flexibility index (Phi) is 1.20. The van der Waals surface area contributed by atoms with Gasteiger partial charge in [-0.2, -0.15) is 0 Å². The van der Waals surface area contributed by atoms with E-state index in [-0.39, 0.29) is 0 Å². The standard InChI is InChI=1S/C5H7NO2/c7-5(8)6-3-1-2-4-6/h1-2H,3-4H2,(H,7,8). The van der Waals surface area contributed by atoms with Gasteiger partial charge in [-0.25, -0.2) is 4.79 Å². The van der Waals surface area contributed by atoms with Crippen molar-refractivity contribution in [1.82, 2.24) is 4.90 Å². The Balaban J connectivity index is 2.41. The molecule has 0 saturated heterocycles. The first-order valence-electron chi connectivity index (χ1n) is 2.43. The topological polar surface area (TPSA) is 40.5 Å². The average molecular weight is 113 g/mol. The van der Waals surface area contributed by atoms with Crippen LogP contribution < -0.4 is 0 Å². The molecule has 0 radical (unpaired) electrons. The van der Waals surface area contributed by atoms with Crippen LogP contribution in [0.4, 0.5) is 4.79 Å². The number of amides is 1. The van der Waals surface area contributed by atoms with Gasteiger partial charge in [0.15, 0.2) is 0 Å². The van der Waals surface area contributed by atoms with Crippen molar-refractivity contribution in [3.05, 3.63) is 12.2 Å². The molecule has 1 heterocycles. The molecule has 44 valence electrons. The van der Waals surface area contributed by atoms with Gasteiger partial charge in [0.25, 0.3) is 0 Å². The largest absolute Gasteiger partial charge is 0.465 e. The van der Waals surface area contributed by atoms with Gasteiger partial charge in [0, 0.05) is 13.1 Å². The number of hydrogen-bond donors (Lipinski definition) is 1. The molecular weight excluding hydrogens is 106 g/mol. The first-order valence-corrected chi connectivity index (χ1v) is 2.43. The summed E-state index contributed by atoms with van der Waals surface area (Å²) in [4.78, 5) is 11.4. The molecule has 1 amide bonds. The Labute approximate surface area is 47.2 Å². The fraction of sp³-hybridized carbons (Fsp3) is 0.400. The van der Waals surface area contributed by atoms with E-state index in [0.717, 1.165) is 0 Å². The summed E-state index contributed by atoms with van der Waals surface area (Å²) in [5.74, 6) is 0. The molecule has 0 bridgehead atoms. The maximum atomic E-state index is 10.1. The number of carboxylic acid groups (broad SMARTS) is 1. The Morgan fingerprint density at radius 3 is 2.25 bits per heavy atom. The van der Waals surface area contributed by atoms with Crippen molar-refractivity contribution in [2.24, 2.45) is 0 Å². The van der Waals surface area contributed by atoms with Crippen LogP contribution in [0.1, 0.15) is 0 Å². The highest BCUT2D eigenvalue weighted by Gasteiger charge is 2.10. The summed E-state index contributed by atoms with van der Waals surface area (Å²) in [6.07, 6.45) is 2.84. The molecule has 0 atom stereocenters. The molecule has 1 aliphatic rings. The van der Waals surface area contributed by atoms with E-state index in [1.165, 1.54) is 4.90 Å². The molecule has 1 aliphatic heterocycles. The smallest absolute Gasteiger partial charge is 0.407 e. The first kappa shape index (κ1) is 5.15. The van der Waals surface area contributed by atoms with Gasteiger partial charge in [0.05, 0.1) is 0 Å². The van der Waals surface area contributed by atoms with Gasteiger partial charge in [0.2, 0.25) is 0 Å².